The first kappa shape index (κ1) is 13.0. The molecule has 1 atom stereocenters. The molecule has 1 fully saturated rings. The Morgan fingerprint density at radius 1 is 1.47 bits per heavy atom. The lowest BCUT2D eigenvalue weighted by atomic mass is 9.82. The average Bonchev–Trinajstić information content (AvgIpc) is 2.79. The second-order valence-electron chi connectivity index (χ2n) is 4.57. The lowest BCUT2D eigenvalue weighted by Gasteiger charge is -2.25. The van der Waals surface area contributed by atoms with E-state index in [0.717, 1.165) is 35.8 Å². The van der Waals surface area contributed by atoms with E-state index in [-0.39, 0.29) is 5.41 Å². The molecule has 0 amide bonds. The van der Waals surface area contributed by atoms with Gasteiger partial charge >= 0.3 is 0 Å². The molecule has 1 aliphatic rings. The van der Waals surface area contributed by atoms with Gasteiger partial charge in [0.15, 0.2) is 0 Å². The zero-order chi connectivity index (χ0) is 12.3. The predicted octanol–water partition coefficient (Wildman–Crippen LogP) is 3.54. The van der Waals surface area contributed by atoms with Crippen molar-refractivity contribution in [3.63, 3.8) is 0 Å². The topological polar surface area (TPSA) is 18.5 Å². The third-order valence-corrected chi connectivity index (χ3v) is 4.08. The molecule has 1 unspecified atom stereocenters. The summed E-state index contributed by atoms with van der Waals surface area (Å²) in [6.45, 7) is 1.50. The highest BCUT2D eigenvalue weighted by molar-refractivity contribution is 6.30. The van der Waals surface area contributed by atoms with E-state index < -0.39 is 0 Å². The molecule has 0 saturated carbocycles. The lowest BCUT2D eigenvalue weighted by molar-refractivity contribution is 0.160. The zero-order valence-corrected chi connectivity index (χ0v) is 11.4. The van der Waals surface area contributed by atoms with Crippen LogP contribution in [0.1, 0.15) is 12.0 Å². The molecule has 1 heterocycles. The van der Waals surface area contributed by atoms with Crippen LogP contribution >= 0.6 is 23.2 Å². The smallest absolute Gasteiger partial charge is 0.122 e. The minimum absolute atomic E-state index is 0.0273. The van der Waals surface area contributed by atoms with Crippen molar-refractivity contribution in [2.75, 3.05) is 26.2 Å². The Balaban J connectivity index is 2.24. The molecule has 0 aliphatic carbocycles. The molecule has 1 aromatic carbocycles. The van der Waals surface area contributed by atoms with E-state index in [0.29, 0.717) is 12.5 Å². The van der Waals surface area contributed by atoms with Gasteiger partial charge in [-0.15, -0.1) is 11.6 Å². The summed E-state index contributed by atoms with van der Waals surface area (Å²) >= 11 is 12.1. The molecule has 1 aliphatic heterocycles. The monoisotopic (exact) mass is 274 g/mol. The summed E-state index contributed by atoms with van der Waals surface area (Å²) in [5.41, 5.74) is 1.13. The highest BCUT2D eigenvalue weighted by atomic mass is 35.5. The van der Waals surface area contributed by atoms with E-state index in [2.05, 4.69) is 0 Å². The lowest BCUT2D eigenvalue weighted by Crippen LogP contribution is -2.26. The highest BCUT2D eigenvalue weighted by Gasteiger charge is 2.35. The van der Waals surface area contributed by atoms with Crippen molar-refractivity contribution in [3.8, 4) is 5.75 Å². The summed E-state index contributed by atoms with van der Waals surface area (Å²) in [4.78, 5) is 0. The van der Waals surface area contributed by atoms with E-state index in [1.165, 1.54) is 0 Å². The molecule has 0 N–H and O–H groups in total. The van der Waals surface area contributed by atoms with E-state index in [9.17, 15) is 0 Å². The van der Waals surface area contributed by atoms with Crippen LogP contribution in [0.3, 0.4) is 0 Å². The van der Waals surface area contributed by atoms with E-state index in [1.54, 1.807) is 7.11 Å². The fourth-order valence-corrected chi connectivity index (χ4v) is 2.73. The fraction of sp³-hybridized carbons (Fsp3) is 0.538. The van der Waals surface area contributed by atoms with Gasteiger partial charge < -0.3 is 9.47 Å². The number of ether oxygens (including phenoxy) is 2. The fourth-order valence-electron chi connectivity index (χ4n) is 2.23. The van der Waals surface area contributed by atoms with Crippen LogP contribution in [0.25, 0.3) is 0 Å². The Bertz CT molecular complexity index is 387. The first-order valence-corrected chi connectivity index (χ1v) is 6.56. The molecule has 1 aromatic rings. The third kappa shape index (κ3) is 2.87. The van der Waals surface area contributed by atoms with Crippen molar-refractivity contribution < 1.29 is 9.47 Å². The molecule has 2 nitrogen and oxygen atoms in total. The van der Waals surface area contributed by atoms with E-state index >= 15 is 0 Å². The summed E-state index contributed by atoms with van der Waals surface area (Å²) in [7, 11) is 1.67. The maximum atomic E-state index is 6.10. The molecule has 0 bridgehead atoms. The highest BCUT2D eigenvalue weighted by Crippen LogP contribution is 2.37. The Morgan fingerprint density at radius 2 is 2.29 bits per heavy atom. The van der Waals surface area contributed by atoms with Gasteiger partial charge in [-0.25, -0.2) is 0 Å². The van der Waals surface area contributed by atoms with Crippen LogP contribution in [0.5, 0.6) is 5.75 Å². The number of hydrogen-bond donors (Lipinski definition) is 0. The number of alkyl halides is 1. The summed E-state index contributed by atoms with van der Waals surface area (Å²) in [5, 5.41) is 0.726. The van der Waals surface area contributed by atoms with Crippen molar-refractivity contribution in [3.05, 3.63) is 28.8 Å². The van der Waals surface area contributed by atoms with Crippen LogP contribution in [0.2, 0.25) is 5.02 Å². The molecule has 0 aromatic heterocycles. The molecule has 0 radical (unpaired) electrons. The van der Waals surface area contributed by atoms with Crippen molar-refractivity contribution in [2.24, 2.45) is 5.41 Å². The maximum Gasteiger partial charge on any atom is 0.122 e. The van der Waals surface area contributed by atoms with Gasteiger partial charge in [-0.2, -0.15) is 0 Å². The minimum Gasteiger partial charge on any atom is -0.496 e. The molecule has 0 spiro atoms. The molecule has 4 heteroatoms. The quantitative estimate of drug-likeness (QED) is 0.782. The third-order valence-electron chi connectivity index (χ3n) is 3.28. The minimum atomic E-state index is 0.0273. The average molecular weight is 275 g/mol. The van der Waals surface area contributed by atoms with Crippen molar-refractivity contribution in [1.29, 1.82) is 0 Å². The largest absolute Gasteiger partial charge is 0.496 e. The zero-order valence-electron chi connectivity index (χ0n) is 9.84. The maximum absolute atomic E-state index is 6.10. The second kappa shape index (κ2) is 5.47. The molecule has 94 valence electrons. The van der Waals surface area contributed by atoms with E-state index in [4.69, 9.17) is 32.7 Å². The van der Waals surface area contributed by atoms with Crippen LogP contribution < -0.4 is 4.74 Å². The number of benzene rings is 1. The van der Waals surface area contributed by atoms with Crippen molar-refractivity contribution >= 4 is 23.2 Å². The summed E-state index contributed by atoms with van der Waals surface area (Å²) in [5.74, 6) is 1.47. The number of rotatable bonds is 4. The van der Waals surface area contributed by atoms with Gasteiger partial charge in [0.25, 0.3) is 0 Å². The standard InChI is InChI=1S/C13H16Cl2O2/c1-16-12-3-2-11(15)6-10(12)7-13(8-14)4-5-17-9-13/h2-3,6H,4-5,7-9H2,1H3. The Kier molecular flexibility index (Phi) is 4.18. The van der Waals surface area contributed by atoms with Crippen LogP contribution in [0, 0.1) is 5.41 Å². The van der Waals surface area contributed by atoms with Gasteiger partial charge in [0.1, 0.15) is 5.75 Å². The Morgan fingerprint density at radius 3 is 2.88 bits per heavy atom. The van der Waals surface area contributed by atoms with Crippen molar-refractivity contribution in [2.45, 2.75) is 12.8 Å². The van der Waals surface area contributed by atoms with Gasteiger partial charge in [-0.3, -0.25) is 0 Å². The number of halogens is 2. The van der Waals surface area contributed by atoms with Gasteiger partial charge in [-0.1, -0.05) is 11.6 Å². The first-order chi connectivity index (χ1) is 8.19. The van der Waals surface area contributed by atoms with Gasteiger partial charge in [0, 0.05) is 22.9 Å². The normalized spacial score (nSPS) is 23.9. The Labute approximate surface area is 112 Å². The Hall–Kier alpha value is -0.440. The molecule has 17 heavy (non-hydrogen) atoms. The predicted molar refractivity (Wildman–Crippen MR) is 70.3 cm³/mol. The number of methoxy groups -OCH3 is 1. The van der Waals surface area contributed by atoms with Crippen LogP contribution in [-0.2, 0) is 11.2 Å². The van der Waals surface area contributed by atoms with Gasteiger partial charge in [0.2, 0.25) is 0 Å². The summed E-state index contributed by atoms with van der Waals surface area (Å²) in [6, 6.07) is 5.69. The second-order valence-corrected chi connectivity index (χ2v) is 5.27. The first-order valence-electron chi connectivity index (χ1n) is 5.65. The van der Waals surface area contributed by atoms with E-state index in [1.807, 2.05) is 18.2 Å². The molecule has 2 rings (SSSR count). The SMILES string of the molecule is COc1ccc(Cl)cc1CC1(CCl)CCOC1. The van der Waals surface area contributed by atoms with Crippen LogP contribution in [0.4, 0.5) is 0 Å². The number of hydrogen-bond acceptors (Lipinski definition) is 2. The molecular weight excluding hydrogens is 259 g/mol. The van der Waals surface area contributed by atoms with Crippen molar-refractivity contribution in [1.82, 2.24) is 0 Å². The summed E-state index contributed by atoms with van der Waals surface area (Å²) in [6.07, 6.45) is 1.84. The van der Waals surface area contributed by atoms with Gasteiger partial charge in [0.05, 0.1) is 13.7 Å². The van der Waals surface area contributed by atoms with Crippen LogP contribution in [-0.4, -0.2) is 26.2 Å². The summed E-state index contributed by atoms with van der Waals surface area (Å²) < 4.78 is 10.8. The molecular formula is C13H16Cl2O2. The molecule has 1 saturated heterocycles. The van der Waals surface area contributed by atoms with Crippen LogP contribution in [0.15, 0.2) is 18.2 Å². The van der Waals surface area contributed by atoms with Gasteiger partial charge in [-0.05, 0) is 36.6 Å².